The molecule has 0 aliphatic heterocycles. The Morgan fingerprint density at radius 1 is 0.929 bits per heavy atom. The largest absolute Gasteiger partial charge is 0.494 e. The molecule has 1 aromatic heterocycles. The number of nitrogens with zero attached hydrogens (tertiary/aromatic N) is 1. The summed E-state index contributed by atoms with van der Waals surface area (Å²) in [7, 11) is 0. The summed E-state index contributed by atoms with van der Waals surface area (Å²) >= 11 is 1.42. The Morgan fingerprint density at radius 3 is 2.36 bits per heavy atom. The first-order chi connectivity index (χ1) is 20.2. The molecule has 10 heteroatoms. The van der Waals surface area contributed by atoms with Crippen LogP contribution in [0.5, 0.6) is 11.5 Å². The molecule has 0 spiro atoms. The lowest BCUT2D eigenvalue weighted by Crippen LogP contribution is -2.08. The first-order valence-electron chi connectivity index (χ1n) is 13.4. The zero-order chi connectivity index (χ0) is 30.1. The van der Waals surface area contributed by atoms with Crippen LogP contribution in [0.4, 0.5) is 8.78 Å². The first kappa shape index (κ1) is 30.6. The number of carboxylic acids is 2. The van der Waals surface area contributed by atoms with Crippen LogP contribution in [0.25, 0.3) is 23.1 Å². The van der Waals surface area contributed by atoms with E-state index in [1.807, 2.05) is 61.5 Å². The van der Waals surface area contributed by atoms with Gasteiger partial charge in [-0.05, 0) is 48.2 Å². The second-order valence-corrected chi connectivity index (χ2v) is 11.1. The molecule has 0 saturated heterocycles. The van der Waals surface area contributed by atoms with Gasteiger partial charge in [-0.15, -0.1) is 11.8 Å². The number of aliphatic carboxylic acids is 2. The molecule has 0 saturated carbocycles. The minimum atomic E-state index is -0.986. The van der Waals surface area contributed by atoms with Crippen molar-refractivity contribution in [1.29, 1.82) is 0 Å². The summed E-state index contributed by atoms with van der Waals surface area (Å²) < 4.78 is 39.6. The van der Waals surface area contributed by atoms with Gasteiger partial charge in [-0.3, -0.25) is 9.59 Å². The molecule has 1 heterocycles. The van der Waals surface area contributed by atoms with Crippen LogP contribution in [-0.2, 0) is 16.1 Å². The van der Waals surface area contributed by atoms with Crippen molar-refractivity contribution >= 4 is 46.8 Å². The first-order valence-corrected chi connectivity index (χ1v) is 14.3. The fraction of sp³-hybridized carbons (Fsp3) is 0.250. The van der Waals surface area contributed by atoms with Crippen LogP contribution in [-0.4, -0.2) is 45.2 Å². The number of halogens is 2. The molecule has 0 aliphatic carbocycles. The average Bonchev–Trinajstić information content (AvgIpc) is 3.28. The Hall–Kier alpha value is -4.31. The predicted molar refractivity (Wildman–Crippen MR) is 159 cm³/mol. The van der Waals surface area contributed by atoms with Crippen LogP contribution in [0.1, 0.15) is 37.3 Å². The molecule has 3 aromatic carbocycles. The molecule has 0 radical (unpaired) electrons. The van der Waals surface area contributed by atoms with E-state index in [9.17, 15) is 23.5 Å². The summed E-state index contributed by atoms with van der Waals surface area (Å²) in [6.45, 7) is 2.31. The van der Waals surface area contributed by atoms with E-state index >= 15 is 0 Å². The van der Waals surface area contributed by atoms with Crippen LogP contribution in [0.2, 0.25) is 0 Å². The van der Waals surface area contributed by atoms with Gasteiger partial charge < -0.3 is 24.3 Å². The molecule has 0 fully saturated rings. The van der Waals surface area contributed by atoms with E-state index in [0.717, 1.165) is 33.0 Å². The number of unbranched alkanes of at least 4 members (excludes halogenated alkanes) is 1. The number of fused-ring (bicyclic) bond motifs is 1. The standard InChI is InChI=1S/C32H31F2NO6S/c1-21(18-29(36)37)42-28-19-35(20-30(38)39)32-23(6-4-7-25(28)32)13-10-22-11-14-24(15-12-22)40-16-2-3-17-41-27-9-5-8-26(33)31(27)34/h4-15,19,21H,2-3,16-18,20H2,1H3,(H,36,37)(H,38,39)/b13-10+. The van der Waals surface area contributed by atoms with Crippen molar-refractivity contribution in [3.63, 3.8) is 0 Å². The van der Waals surface area contributed by atoms with Crippen LogP contribution >= 0.6 is 11.8 Å². The molecule has 0 aliphatic rings. The van der Waals surface area contributed by atoms with Crippen molar-refractivity contribution in [2.75, 3.05) is 13.2 Å². The monoisotopic (exact) mass is 595 g/mol. The lowest BCUT2D eigenvalue weighted by molar-refractivity contribution is -0.138. The highest BCUT2D eigenvalue weighted by molar-refractivity contribution is 8.00. The maximum Gasteiger partial charge on any atom is 0.323 e. The van der Waals surface area contributed by atoms with E-state index in [2.05, 4.69) is 0 Å². The highest BCUT2D eigenvalue weighted by atomic mass is 32.2. The van der Waals surface area contributed by atoms with Crippen molar-refractivity contribution < 1.29 is 38.1 Å². The van der Waals surface area contributed by atoms with Gasteiger partial charge in [0.25, 0.3) is 0 Å². The topological polar surface area (TPSA) is 98.0 Å². The Balaban J connectivity index is 1.36. The van der Waals surface area contributed by atoms with Gasteiger partial charge in [0.05, 0.1) is 25.2 Å². The number of aromatic nitrogens is 1. The minimum Gasteiger partial charge on any atom is -0.494 e. The Morgan fingerprint density at radius 2 is 1.64 bits per heavy atom. The fourth-order valence-corrected chi connectivity index (χ4v) is 5.53. The van der Waals surface area contributed by atoms with Crippen LogP contribution < -0.4 is 9.47 Å². The predicted octanol–water partition coefficient (Wildman–Crippen LogP) is 7.37. The molecule has 4 rings (SSSR count). The number of carboxylic acid groups (broad SMARTS) is 2. The van der Waals surface area contributed by atoms with Gasteiger partial charge in [0.2, 0.25) is 5.82 Å². The van der Waals surface area contributed by atoms with E-state index in [1.165, 1.54) is 23.9 Å². The molecule has 7 nitrogen and oxygen atoms in total. The van der Waals surface area contributed by atoms with Crippen LogP contribution in [0.3, 0.4) is 0 Å². The number of hydrogen-bond donors (Lipinski definition) is 2. The molecular formula is C32H31F2NO6S. The zero-order valence-corrected chi connectivity index (χ0v) is 23.8. The second-order valence-electron chi connectivity index (χ2n) is 9.64. The highest BCUT2D eigenvalue weighted by Gasteiger charge is 2.17. The summed E-state index contributed by atoms with van der Waals surface area (Å²) in [5.74, 6) is -3.18. The summed E-state index contributed by atoms with van der Waals surface area (Å²) in [5.41, 5.74) is 2.53. The van der Waals surface area contributed by atoms with E-state index < -0.39 is 23.6 Å². The molecule has 0 bridgehead atoms. The van der Waals surface area contributed by atoms with Gasteiger partial charge >= 0.3 is 11.9 Å². The van der Waals surface area contributed by atoms with Crippen molar-refractivity contribution in [2.24, 2.45) is 0 Å². The van der Waals surface area contributed by atoms with Crippen molar-refractivity contribution in [1.82, 2.24) is 4.57 Å². The maximum absolute atomic E-state index is 13.6. The quantitative estimate of drug-likeness (QED) is 0.0841. The van der Waals surface area contributed by atoms with Crippen molar-refractivity contribution in [3.8, 4) is 11.5 Å². The number of para-hydroxylation sites is 1. The molecule has 1 unspecified atom stereocenters. The van der Waals surface area contributed by atoms with Gasteiger partial charge in [-0.25, -0.2) is 4.39 Å². The van der Waals surface area contributed by atoms with Crippen molar-refractivity contribution in [2.45, 2.75) is 42.9 Å². The Labute approximate surface area is 246 Å². The van der Waals surface area contributed by atoms with Crippen LogP contribution in [0.15, 0.2) is 71.8 Å². The summed E-state index contributed by atoms with van der Waals surface area (Å²) in [4.78, 5) is 23.5. The smallest absolute Gasteiger partial charge is 0.323 e. The Bertz CT molecular complexity index is 1570. The summed E-state index contributed by atoms with van der Waals surface area (Å²) in [5, 5.41) is 19.3. The van der Waals surface area contributed by atoms with E-state index in [0.29, 0.717) is 25.2 Å². The number of ether oxygens (including phenoxy) is 2. The third kappa shape index (κ3) is 8.36. The molecule has 42 heavy (non-hydrogen) atoms. The van der Waals surface area contributed by atoms with E-state index in [-0.39, 0.29) is 30.6 Å². The molecule has 0 amide bonds. The second kappa shape index (κ2) is 14.5. The number of rotatable bonds is 15. The maximum atomic E-state index is 13.6. The molecule has 4 aromatic rings. The van der Waals surface area contributed by atoms with E-state index in [4.69, 9.17) is 14.6 Å². The molecule has 2 N–H and O–H groups in total. The van der Waals surface area contributed by atoms with Gasteiger partial charge in [-0.2, -0.15) is 4.39 Å². The van der Waals surface area contributed by atoms with Gasteiger partial charge in [0.1, 0.15) is 12.3 Å². The molecular weight excluding hydrogens is 564 g/mol. The Kier molecular flexibility index (Phi) is 10.6. The number of thioether (sulfide) groups is 1. The summed E-state index contributed by atoms with van der Waals surface area (Å²) in [6, 6.07) is 17.1. The lowest BCUT2D eigenvalue weighted by atomic mass is 10.1. The third-order valence-electron chi connectivity index (χ3n) is 6.31. The zero-order valence-electron chi connectivity index (χ0n) is 23.0. The molecule has 220 valence electrons. The normalized spacial score (nSPS) is 12.1. The number of hydrogen-bond acceptors (Lipinski definition) is 5. The minimum absolute atomic E-state index is 0.00177. The fourth-order valence-electron chi connectivity index (χ4n) is 4.39. The van der Waals surface area contributed by atoms with Gasteiger partial charge in [0, 0.05) is 21.7 Å². The van der Waals surface area contributed by atoms with Gasteiger partial charge in [-0.1, -0.05) is 55.5 Å². The van der Waals surface area contributed by atoms with Gasteiger partial charge in [0.15, 0.2) is 11.6 Å². The third-order valence-corrected chi connectivity index (χ3v) is 7.45. The van der Waals surface area contributed by atoms with Crippen molar-refractivity contribution in [3.05, 3.63) is 89.6 Å². The average molecular weight is 596 g/mol. The highest BCUT2D eigenvalue weighted by Crippen LogP contribution is 2.36. The molecule has 1 atom stereocenters. The lowest BCUT2D eigenvalue weighted by Gasteiger charge is -2.09. The number of carbonyl (C=O) groups is 2. The van der Waals surface area contributed by atoms with E-state index in [1.54, 1.807) is 10.8 Å². The SMILES string of the molecule is CC(CC(=O)O)Sc1cn(CC(=O)O)c2c(/C=C/c3ccc(OCCCCOc4cccc(F)c4F)cc3)cccc12. The summed E-state index contributed by atoms with van der Waals surface area (Å²) in [6.07, 6.45) is 6.92. The van der Waals surface area contributed by atoms with Crippen LogP contribution in [0, 0.1) is 11.6 Å². The number of benzene rings is 3.